The van der Waals surface area contributed by atoms with Gasteiger partial charge in [0.15, 0.2) is 5.82 Å². The molecule has 1 fully saturated rings. The number of hydrogen-bond donors (Lipinski definition) is 0. The summed E-state index contributed by atoms with van der Waals surface area (Å²) >= 11 is 6.07. The topological polar surface area (TPSA) is 58.6 Å². The van der Waals surface area contributed by atoms with Gasteiger partial charge in [0.1, 0.15) is 5.75 Å². The lowest BCUT2D eigenvalue weighted by molar-refractivity contribution is 0.0743. The zero-order chi connectivity index (χ0) is 18.8. The van der Waals surface area contributed by atoms with Crippen molar-refractivity contribution in [1.29, 1.82) is 0 Å². The van der Waals surface area contributed by atoms with Crippen molar-refractivity contribution in [3.8, 4) is 5.75 Å². The first-order chi connectivity index (χ1) is 13.2. The first-order valence-electron chi connectivity index (χ1n) is 9.39. The number of hydrogen-bond acceptors (Lipinski definition) is 5. The molecule has 1 aliphatic carbocycles. The van der Waals surface area contributed by atoms with Gasteiger partial charge in [-0.25, -0.2) is 0 Å². The molecular formula is C20H23ClN4O2. The van der Waals surface area contributed by atoms with Gasteiger partial charge in [-0.05, 0) is 55.5 Å². The van der Waals surface area contributed by atoms with Gasteiger partial charge in [0, 0.05) is 31.2 Å². The smallest absolute Gasteiger partial charge is 0.257 e. The van der Waals surface area contributed by atoms with Crippen LogP contribution in [0.4, 0.5) is 5.82 Å². The summed E-state index contributed by atoms with van der Waals surface area (Å²) in [5, 5.41) is 9.37. The van der Waals surface area contributed by atoms with Crippen LogP contribution in [0.5, 0.6) is 5.75 Å². The third-order valence-corrected chi connectivity index (χ3v) is 5.57. The number of halogens is 1. The molecule has 0 N–H and O–H groups in total. The van der Waals surface area contributed by atoms with Crippen molar-refractivity contribution >= 4 is 23.3 Å². The highest BCUT2D eigenvalue weighted by molar-refractivity contribution is 6.31. The number of methoxy groups -OCH3 is 1. The molecule has 27 heavy (non-hydrogen) atoms. The van der Waals surface area contributed by atoms with E-state index in [1.165, 1.54) is 18.4 Å². The fourth-order valence-electron chi connectivity index (χ4n) is 3.79. The molecule has 0 spiro atoms. The average molecular weight is 387 g/mol. The lowest BCUT2D eigenvalue weighted by Gasteiger charge is -2.35. The van der Waals surface area contributed by atoms with Gasteiger partial charge in [-0.3, -0.25) is 4.79 Å². The fourth-order valence-corrected chi connectivity index (χ4v) is 3.96. The van der Waals surface area contributed by atoms with E-state index in [9.17, 15) is 4.79 Å². The van der Waals surface area contributed by atoms with Gasteiger partial charge in [0.2, 0.25) is 0 Å². The Labute approximate surface area is 164 Å². The summed E-state index contributed by atoms with van der Waals surface area (Å²) in [6, 6.07) is 7.31. The van der Waals surface area contributed by atoms with Crippen LogP contribution in [0.15, 0.2) is 24.3 Å². The van der Waals surface area contributed by atoms with Crippen LogP contribution in [0, 0.1) is 0 Å². The fraction of sp³-hybridized carbons (Fsp3) is 0.450. The maximum atomic E-state index is 12.9. The standard InChI is InChI=1S/C20H23ClN4O2/c1-27-18-7-6-15(21)13-16(18)20(26)25-10-8-24(9-11-25)19-12-14-4-2-3-5-17(14)22-23-19/h6-7,12-13H,2-5,8-11H2,1H3. The molecule has 1 aromatic heterocycles. The summed E-state index contributed by atoms with van der Waals surface area (Å²) in [7, 11) is 1.56. The number of aromatic nitrogens is 2. The molecule has 6 nitrogen and oxygen atoms in total. The molecule has 1 aliphatic heterocycles. The highest BCUT2D eigenvalue weighted by Crippen LogP contribution is 2.26. The summed E-state index contributed by atoms with van der Waals surface area (Å²) in [5.74, 6) is 1.42. The van der Waals surface area contributed by atoms with Crippen molar-refractivity contribution in [3.63, 3.8) is 0 Å². The largest absolute Gasteiger partial charge is 0.496 e. The summed E-state index contributed by atoms with van der Waals surface area (Å²) in [6.45, 7) is 2.74. The van der Waals surface area contributed by atoms with E-state index >= 15 is 0 Å². The maximum absolute atomic E-state index is 12.9. The molecule has 142 valence electrons. The molecule has 2 aliphatic rings. The summed E-state index contributed by atoms with van der Waals surface area (Å²) < 4.78 is 5.32. The number of benzene rings is 1. The molecule has 2 heterocycles. The molecular weight excluding hydrogens is 364 g/mol. The van der Waals surface area contributed by atoms with Gasteiger partial charge in [-0.1, -0.05) is 11.6 Å². The normalized spacial score (nSPS) is 16.8. The quantitative estimate of drug-likeness (QED) is 0.811. The van der Waals surface area contributed by atoms with E-state index in [1.54, 1.807) is 25.3 Å². The summed E-state index contributed by atoms with van der Waals surface area (Å²) in [5.41, 5.74) is 2.98. The van der Waals surface area contributed by atoms with E-state index in [-0.39, 0.29) is 5.91 Å². The highest BCUT2D eigenvalue weighted by atomic mass is 35.5. The number of aryl methyl sites for hydroxylation is 2. The summed E-state index contributed by atoms with van der Waals surface area (Å²) in [6.07, 6.45) is 4.55. The van der Waals surface area contributed by atoms with E-state index in [0.29, 0.717) is 29.4 Å². The minimum atomic E-state index is -0.0504. The van der Waals surface area contributed by atoms with Crippen LogP contribution in [-0.4, -0.2) is 54.3 Å². The van der Waals surface area contributed by atoms with E-state index in [0.717, 1.165) is 37.4 Å². The lowest BCUT2D eigenvalue weighted by atomic mass is 9.97. The third-order valence-electron chi connectivity index (χ3n) is 5.34. The molecule has 1 saturated heterocycles. The Morgan fingerprint density at radius 2 is 1.85 bits per heavy atom. The monoisotopic (exact) mass is 386 g/mol. The Balaban J connectivity index is 1.45. The number of nitrogens with zero attached hydrogens (tertiary/aromatic N) is 4. The molecule has 0 bridgehead atoms. The van der Waals surface area contributed by atoms with E-state index in [1.807, 2.05) is 4.90 Å². The van der Waals surface area contributed by atoms with Crippen molar-refractivity contribution < 1.29 is 9.53 Å². The van der Waals surface area contributed by atoms with Crippen LogP contribution in [0.25, 0.3) is 0 Å². The molecule has 0 saturated carbocycles. The maximum Gasteiger partial charge on any atom is 0.257 e. The minimum absolute atomic E-state index is 0.0504. The van der Waals surface area contributed by atoms with E-state index in [4.69, 9.17) is 16.3 Å². The van der Waals surface area contributed by atoms with Gasteiger partial charge in [-0.15, -0.1) is 5.10 Å². The number of anilines is 1. The van der Waals surface area contributed by atoms with Crippen molar-refractivity contribution in [2.24, 2.45) is 0 Å². The van der Waals surface area contributed by atoms with Gasteiger partial charge in [-0.2, -0.15) is 5.10 Å². The number of fused-ring (bicyclic) bond motifs is 1. The Kier molecular flexibility index (Phi) is 5.16. The first-order valence-corrected chi connectivity index (χ1v) is 9.77. The Bertz CT molecular complexity index is 850. The Hall–Kier alpha value is -2.34. The predicted octanol–water partition coefficient (Wildman–Crippen LogP) is 2.98. The molecule has 7 heteroatoms. The van der Waals surface area contributed by atoms with Crippen LogP contribution in [0.1, 0.15) is 34.5 Å². The van der Waals surface area contributed by atoms with E-state index in [2.05, 4.69) is 21.2 Å². The van der Waals surface area contributed by atoms with Crippen LogP contribution in [-0.2, 0) is 12.8 Å². The van der Waals surface area contributed by atoms with Gasteiger partial charge in [0.25, 0.3) is 5.91 Å². The van der Waals surface area contributed by atoms with Crippen LogP contribution < -0.4 is 9.64 Å². The number of ether oxygens (including phenoxy) is 1. The molecule has 0 radical (unpaired) electrons. The third kappa shape index (κ3) is 3.72. The number of rotatable bonds is 3. The molecule has 1 amide bonds. The number of piperazine rings is 1. The minimum Gasteiger partial charge on any atom is -0.496 e. The van der Waals surface area contributed by atoms with Gasteiger partial charge in [0.05, 0.1) is 18.4 Å². The van der Waals surface area contributed by atoms with Crippen LogP contribution >= 0.6 is 11.6 Å². The van der Waals surface area contributed by atoms with Crippen molar-refractivity contribution in [2.45, 2.75) is 25.7 Å². The van der Waals surface area contributed by atoms with Gasteiger partial charge < -0.3 is 14.5 Å². The molecule has 2 aromatic rings. The Morgan fingerprint density at radius 3 is 2.63 bits per heavy atom. The number of amides is 1. The highest BCUT2D eigenvalue weighted by Gasteiger charge is 2.26. The van der Waals surface area contributed by atoms with Gasteiger partial charge >= 0.3 is 0 Å². The first kappa shape index (κ1) is 18.0. The SMILES string of the molecule is COc1ccc(Cl)cc1C(=O)N1CCN(c2cc3c(nn2)CCCC3)CC1. The van der Waals surface area contributed by atoms with Crippen LogP contribution in [0.3, 0.4) is 0 Å². The zero-order valence-corrected chi connectivity index (χ0v) is 16.2. The second-order valence-corrected chi connectivity index (χ2v) is 7.44. The predicted molar refractivity (Wildman–Crippen MR) is 105 cm³/mol. The summed E-state index contributed by atoms with van der Waals surface area (Å²) in [4.78, 5) is 17.0. The zero-order valence-electron chi connectivity index (χ0n) is 15.4. The second-order valence-electron chi connectivity index (χ2n) is 7.01. The average Bonchev–Trinajstić information content (AvgIpc) is 2.73. The van der Waals surface area contributed by atoms with Crippen LogP contribution in [0.2, 0.25) is 5.02 Å². The molecule has 0 atom stereocenters. The number of carbonyl (C=O) groups is 1. The van der Waals surface area contributed by atoms with E-state index < -0.39 is 0 Å². The van der Waals surface area contributed by atoms with Crippen molar-refractivity contribution in [2.75, 3.05) is 38.2 Å². The lowest BCUT2D eigenvalue weighted by Crippen LogP contribution is -2.49. The molecule has 1 aromatic carbocycles. The Morgan fingerprint density at radius 1 is 1.07 bits per heavy atom. The van der Waals surface area contributed by atoms with Crippen molar-refractivity contribution in [1.82, 2.24) is 15.1 Å². The van der Waals surface area contributed by atoms with Crippen molar-refractivity contribution in [3.05, 3.63) is 46.1 Å². The molecule has 4 rings (SSSR count). The second kappa shape index (κ2) is 7.72. The number of carbonyl (C=O) groups excluding carboxylic acids is 1. The molecule has 0 unspecified atom stereocenters.